The van der Waals surface area contributed by atoms with Gasteiger partial charge in [-0.05, 0) is 61.9 Å². The van der Waals surface area contributed by atoms with Crippen LogP contribution < -0.4 is 14.8 Å². The van der Waals surface area contributed by atoms with Crippen LogP contribution in [0.5, 0.6) is 11.5 Å². The molecule has 138 valence electrons. The molecule has 0 heterocycles. The van der Waals surface area contributed by atoms with Crippen molar-refractivity contribution >= 4 is 17.6 Å². The second kappa shape index (κ2) is 9.46. The average Bonchev–Trinajstić information content (AvgIpc) is 2.67. The Morgan fingerprint density at radius 3 is 2.19 bits per heavy atom. The third kappa shape index (κ3) is 5.81. The standard InChI is InChI=1S/C20H23NO5/c1-4-14(2)26-19(22)13-25-18-9-5-15(6-10-18)20(23)21-16-7-11-17(24-3)12-8-16/h5-12,14H,4,13H2,1-3H3,(H,21,23). The molecule has 26 heavy (non-hydrogen) atoms. The van der Waals surface area contributed by atoms with Crippen molar-refractivity contribution in [3.8, 4) is 11.5 Å². The van der Waals surface area contributed by atoms with Gasteiger partial charge < -0.3 is 19.5 Å². The first-order chi connectivity index (χ1) is 12.5. The van der Waals surface area contributed by atoms with E-state index in [0.717, 1.165) is 12.2 Å². The Balaban J connectivity index is 1.87. The van der Waals surface area contributed by atoms with Crippen molar-refractivity contribution in [2.75, 3.05) is 19.0 Å². The van der Waals surface area contributed by atoms with Crippen LogP contribution in [0, 0.1) is 0 Å². The van der Waals surface area contributed by atoms with Gasteiger partial charge in [0.15, 0.2) is 6.61 Å². The minimum absolute atomic E-state index is 0.130. The van der Waals surface area contributed by atoms with Gasteiger partial charge in [-0.25, -0.2) is 4.79 Å². The summed E-state index contributed by atoms with van der Waals surface area (Å²) in [6.45, 7) is 3.60. The summed E-state index contributed by atoms with van der Waals surface area (Å²) < 4.78 is 15.6. The Morgan fingerprint density at radius 2 is 1.62 bits per heavy atom. The number of carbonyl (C=O) groups is 2. The van der Waals surface area contributed by atoms with Crippen LogP contribution >= 0.6 is 0 Å². The highest BCUT2D eigenvalue weighted by atomic mass is 16.6. The highest BCUT2D eigenvalue weighted by molar-refractivity contribution is 6.04. The molecule has 2 aromatic carbocycles. The molecule has 0 bridgehead atoms. The molecular weight excluding hydrogens is 334 g/mol. The van der Waals surface area contributed by atoms with Gasteiger partial charge in [0.05, 0.1) is 13.2 Å². The lowest BCUT2D eigenvalue weighted by atomic mass is 10.2. The summed E-state index contributed by atoms with van der Waals surface area (Å²) in [5.74, 6) is 0.557. The van der Waals surface area contributed by atoms with Crippen LogP contribution in [-0.2, 0) is 9.53 Å². The fourth-order valence-electron chi connectivity index (χ4n) is 2.06. The largest absolute Gasteiger partial charge is 0.497 e. The Hall–Kier alpha value is -3.02. The lowest BCUT2D eigenvalue weighted by Gasteiger charge is -2.11. The molecule has 0 saturated heterocycles. The van der Waals surface area contributed by atoms with Crippen molar-refractivity contribution in [1.82, 2.24) is 0 Å². The van der Waals surface area contributed by atoms with Crippen molar-refractivity contribution in [1.29, 1.82) is 0 Å². The summed E-state index contributed by atoms with van der Waals surface area (Å²) in [5, 5.41) is 2.80. The molecular formula is C20H23NO5. The summed E-state index contributed by atoms with van der Waals surface area (Å²) in [5.41, 5.74) is 1.15. The smallest absolute Gasteiger partial charge is 0.344 e. The normalized spacial score (nSPS) is 11.3. The Morgan fingerprint density at radius 1 is 1.00 bits per heavy atom. The van der Waals surface area contributed by atoms with Gasteiger partial charge in [-0.3, -0.25) is 4.79 Å². The van der Waals surface area contributed by atoms with E-state index in [1.165, 1.54) is 0 Å². The number of nitrogens with one attached hydrogen (secondary N) is 1. The molecule has 1 N–H and O–H groups in total. The second-order valence-electron chi connectivity index (χ2n) is 5.70. The SMILES string of the molecule is CCC(C)OC(=O)COc1ccc(C(=O)Nc2ccc(OC)cc2)cc1. The third-order valence-corrected chi connectivity index (χ3v) is 3.73. The van der Waals surface area contributed by atoms with Gasteiger partial charge in [0.2, 0.25) is 0 Å². The van der Waals surface area contributed by atoms with E-state index in [9.17, 15) is 9.59 Å². The minimum Gasteiger partial charge on any atom is -0.497 e. The Labute approximate surface area is 153 Å². The van der Waals surface area contributed by atoms with Crippen molar-refractivity contribution in [2.24, 2.45) is 0 Å². The van der Waals surface area contributed by atoms with Crippen LogP contribution in [0.15, 0.2) is 48.5 Å². The van der Waals surface area contributed by atoms with E-state index < -0.39 is 5.97 Å². The molecule has 0 aliphatic carbocycles. The van der Waals surface area contributed by atoms with Gasteiger partial charge in [-0.1, -0.05) is 6.92 Å². The lowest BCUT2D eigenvalue weighted by molar-refractivity contribution is -0.150. The van der Waals surface area contributed by atoms with E-state index in [2.05, 4.69) is 5.32 Å². The van der Waals surface area contributed by atoms with E-state index in [-0.39, 0.29) is 18.6 Å². The molecule has 2 aromatic rings. The molecule has 0 spiro atoms. The number of esters is 1. The maximum absolute atomic E-state index is 12.2. The van der Waals surface area contributed by atoms with Crippen LogP contribution in [0.25, 0.3) is 0 Å². The molecule has 1 amide bonds. The van der Waals surface area contributed by atoms with Gasteiger partial charge in [-0.2, -0.15) is 0 Å². The number of ether oxygens (including phenoxy) is 3. The van der Waals surface area contributed by atoms with Gasteiger partial charge in [0, 0.05) is 11.3 Å². The van der Waals surface area contributed by atoms with E-state index in [1.807, 2.05) is 13.8 Å². The zero-order valence-corrected chi connectivity index (χ0v) is 15.2. The minimum atomic E-state index is -0.416. The van der Waals surface area contributed by atoms with Crippen LogP contribution in [-0.4, -0.2) is 31.7 Å². The number of rotatable bonds is 8. The Kier molecular flexibility index (Phi) is 7.02. The van der Waals surface area contributed by atoms with E-state index >= 15 is 0 Å². The molecule has 0 saturated carbocycles. The van der Waals surface area contributed by atoms with Gasteiger partial charge in [-0.15, -0.1) is 0 Å². The molecule has 6 heteroatoms. The molecule has 0 aliphatic heterocycles. The first-order valence-electron chi connectivity index (χ1n) is 8.39. The zero-order chi connectivity index (χ0) is 18.9. The van der Waals surface area contributed by atoms with Gasteiger partial charge in [0.25, 0.3) is 5.91 Å². The van der Waals surface area contributed by atoms with Crippen molar-refractivity contribution < 1.29 is 23.8 Å². The lowest BCUT2D eigenvalue weighted by Crippen LogP contribution is -2.20. The topological polar surface area (TPSA) is 73.9 Å². The fraction of sp³-hybridized carbons (Fsp3) is 0.300. The molecule has 0 aromatic heterocycles. The number of anilines is 1. The monoisotopic (exact) mass is 357 g/mol. The van der Waals surface area contributed by atoms with Gasteiger partial charge in [0.1, 0.15) is 11.5 Å². The number of carbonyl (C=O) groups excluding carboxylic acids is 2. The van der Waals surface area contributed by atoms with Crippen LogP contribution in [0.4, 0.5) is 5.69 Å². The average molecular weight is 357 g/mol. The number of amides is 1. The van der Waals surface area contributed by atoms with Crippen molar-refractivity contribution in [3.05, 3.63) is 54.1 Å². The third-order valence-electron chi connectivity index (χ3n) is 3.73. The first-order valence-corrected chi connectivity index (χ1v) is 8.39. The molecule has 1 atom stereocenters. The maximum Gasteiger partial charge on any atom is 0.344 e. The number of hydrogen-bond acceptors (Lipinski definition) is 5. The molecule has 1 unspecified atom stereocenters. The molecule has 0 radical (unpaired) electrons. The number of benzene rings is 2. The summed E-state index contributed by atoms with van der Waals surface area (Å²) in [4.78, 5) is 23.8. The maximum atomic E-state index is 12.2. The van der Waals surface area contributed by atoms with E-state index in [0.29, 0.717) is 17.0 Å². The zero-order valence-electron chi connectivity index (χ0n) is 15.2. The van der Waals surface area contributed by atoms with Crippen molar-refractivity contribution in [2.45, 2.75) is 26.4 Å². The summed E-state index contributed by atoms with van der Waals surface area (Å²) in [6, 6.07) is 13.6. The predicted octanol–water partition coefficient (Wildman–Crippen LogP) is 3.67. The summed E-state index contributed by atoms with van der Waals surface area (Å²) in [6.07, 6.45) is 0.624. The molecule has 0 fully saturated rings. The van der Waals surface area contributed by atoms with Crippen LogP contribution in [0.2, 0.25) is 0 Å². The van der Waals surface area contributed by atoms with E-state index in [4.69, 9.17) is 14.2 Å². The summed E-state index contributed by atoms with van der Waals surface area (Å²) in [7, 11) is 1.58. The predicted molar refractivity (Wildman–Crippen MR) is 98.7 cm³/mol. The van der Waals surface area contributed by atoms with Crippen molar-refractivity contribution in [3.63, 3.8) is 0 Å². The van der Waals surface area contributed by atoms with Crippen LogP contribution in [0.1, 0.15) is 30.6 Å². The number of hydrogen-bond donors (Lipinski definition) is 1. The second-order valence-corrected chi connectivity index (χ2v) is 5.70. The summed E-state index contributed by atoms with van der Waals surface area (Å²) >= 11 is 0. The van der Waals surface area contributed by atoms with Gasteiger partial charge >= 0.3 is 5.97 Å². The highest BCUT2D eigenvalue weighted by Gasteiger charge is 2.10. The quantitative estimate of drug-likeness (QED) is 0.730. The molecule has 2 rings (SSSR count). The van der Waals surface area contributed by atoms with E-state index in [1.54, 1.807) is 55.6 Å². The first kappa shape index (κ1) is 19.3. The molecule has 6 nitrogen and oxygen atoms in total. The Bertz CT molecular complexity index is 725. The number of methoxy groups -OCH3 is 1. The highest BCUT2D eigenvalue weighted by Crippen LogP contribution is 2.17. The van der Waals surface area contributed by atoms with Crippen LogP contribution in [0.3, 0.4) is 0 Å². The molecule has 0 aliphatic rings. The fourth-order valence-corrected chi connectivity index (χ4v) is 2.06.